The van der Waals surface area contributed by atoms with E-state index < -0.39 is 0 Å². The molecule has 0 radical (unpaired) electrons. The number of hydrogen-bond acceptors (Lipinski definition) is 8. The molecule has 50 heavy (non-hydrogen) atoms. The van der Waals surface area contributed by atoms with Crippen molar-refractivity contribution in [2.24, 2.45) is 0 Å². The number of rotatable bonds is 12. The topological polar surface area (TPSA) is 134 Å². The maximum absolute atomic E-state index is 12.5. The van der Waals surface area contributed by atoms with Crippen LogP contribution < -0.4 is 20.1 Å². The Morgan fingerprint density at radius 2 is 0.920 bits per heavy atom. The zero-order valence-corrected chi connectivity index (χ0v) is 28.8. The molecule has 5 aromatic carbocycles. The third kappa shape index (κ3) is 8.46. The summed E-state index contributed by atoms with van der Waals surface area (Å²) in [6.45, 7) is 4.06. The molecule has 4 N–H and O–H groups in total. The van der Waals surface area contributed by atoms with Crippen molar-refractivity contribution in [3.8, 4) is 23.0 Å². The quantitative estimate of drug-likeness (QED) is 0.0928. The largest absolute Gasteiger partial charge is 0.457 e. The minimum atomic E-state index is -0.125. The highest BCUT2D eigenvalue weighted by Crippen LogP contribution is 2.29. The molecule has 0 atom stereocenters. The van der Waals surface area contributed by atoms with Crippen molar-refractivity contribution in [2.75, 3.05) is 22.1 Å². The molecule has 0 aliphatic carbocycles. The molecule has 0 saturated carbocycles. The monoisotopic (exact) mass is 700 g/mol. The Kier molecular flexibility index (Phi) is 9.72. The third-order valence-electron chi connectivity index (χ3n) is 7.48. The molecular formula is C38H32N6O4S2. The minimum Gasteiger partial charge on any atom is -0.457 e. The molecule has 0 aliphatic heterocycles. The normalized spacial score (nSPS) is 11.1. The fourth-order valence-electron chi connectivity index (χ4n) is 5.06. The van der Waals surface area contributed by atoms with Gasteiger partial charge in [0.05, 0.1) is 33.6 Å². The molecule has 0 unspecified atom stereocenters. The lowest BCUT2D eigenvalue weighted by Gasteiger charge is -2.10. The molecule has 0 bridgehead atoms. The van der Waals surface area contributed by atoms with Gasteiger partial charge in [-0.15, -0.1) is 0 Å². The van der Waals surface area contributed by atoms with Crippen molar-refractivity contribution in [1.29, 1.82) is 0 Å². The number of aromatic nitrogens is 4. The predicted molar refractivity (Wildman–Crippen MR) is 200 cm³/mol. The first-order valence-corrected chi connectivity index (χ1v) is 17.7. The highest BCUT2D eigenvalue weighted by atomic mass is 32.2. The van der Waals surface area contributed by atoms with E-state index in [2.05, 4.69) is 30.6 Å². The Morgan fingerprint density at radius 3 is 1.30 bits per heavy atom. The number of carbonyl (C=O) groups excluding carboxylic acids is 2. The van der Waals surface area contributed by atoms with Gasteiger partial charge in [-0.2, -0.15) is 0 Å². The van der Waals surface area contributed by atoms with Crippen LogP contribution in [0.25, 0.3) is 22.1 Å². The van der Waals surface area contributed by atoms with Crippen molar-refractivity contribution in [2.45, 2.75) is 24.2 Å². The molecule has 10 nitrogen and oxygen atoms in total. The Bertz CT molecular complexity index is 2120. The van der Waals surface area contributed by atoms with Crippen LogP contribution >= 0.6 is 23.5 Å². The third-order valence-corrected chi connectivity index (χ3v) is 9.23. The summed E-state index contributed by atoms with van der Waals surface area (Å²) >= 11 is 2.72. The number of H-pyrrole nitrogens is 2. The van der Waals surface area contributed by atoms with Gasteiger partial charge in [0.1, 0.15) is 23.0 Å². The summed E-state index contributed by atoms with van der Waals surface area (Å²) in [5.41, 5.74) is 7.33. The summed E-state index contributed by atoms with van der Waals surface area (Å²) < 4.78 is 11.9. The van der Waals surface area contributed by atoms with Gasteiger partial charge in [-0.1, -0.05) is 35.7 Å². The number of ether oxygens (including phenoxy) is 2. The van der Waals surface area contributed by atoms with Crippen LogP contribution in [0.15, 0.2) is 120 Å². The SMILES string of the molecule is Cc1ccc2nc(SCC(=O)Nc3ccc(Oc4ccc(Oc5ccc(NC(=O)CSc6nc7ccc(C)cc7[nH]6)cc5)cc4)cc3)[nH]c2c1. The molecule has 0 saturated heterocycles. The molecule has 2 aromatic heterocycles. The van der Waals surface area contributed by atoms with Crippen molar-refractivity contribution in [1.82, 2.24) is 19.9 Å². The van der Waals surface area contributed by atoms with Gasteiger partial charge < -0.3 is 30.1 Å². The zero-order chi connectivity index (χ0) is 34.5. The lowest BCUT2D eigenvalue weighted by molar-refractivity contribution is -0.114. The Labute approximate surface area is 296 Å². The van der Waals surface area contributed by atoms with E-state index in [-0.39, 0.29) is 23.3 Å². The number of nitrogens with zero attached hydrogens (tertiary/aromatic N) is 2. The number of carbonyl (C=O) groups is 2. The lowest BCUT2D eigenvalue weighted by atomic mass is 10.2. The number of aromatic amines is 2. The second kappa shape index (κ2) is 14.8. The minimum absolute atomic E-state index is 0.125. The number of fused-ring (bicyclic) bond motifs is 2. The first kappa shape index (κ1) is 32.8. The number of amides is 2. The molecule has 7 aromatic rings. The van der Waals surface area contributed by atoms with E-state index in [1.165, 1.54) is 23.5 Å². The second-order valence-corrected chi connectivity index (χ2v) is 13.5. The molecule has 0 spiro atoms. The van der Waals surface area contributed by atoms with Crippen molar-refractivity contribution in [3.05, 3.63) is 120 Å². The second-order valence-electron chi connectivity index (χ2n) is 11.5. The average Bonchev–Trinajstić information content (AvgIpc) is 3.72. The maximum atomic E-state index is 12.5. The fraction of sp³-hybridized carbons (Fsp3) is 0.105. The highest BCUT2D eigenvalue weighted by molar-refractivity contribution is 8.00. The van der Waals surface area contributed by atoms with Crippen LogP contribution in [0, 0.1) is 13.8 Å². The van der Waals surface area contributed by atoms with E-state index in [1.54, 1.807) is 48.5 Å². The van der Waals surface area contributed by atoms with Crippen molar-refractivity contribution >= 4 is 68.8 Å². The number of imidazole rings is 2. The maximum Gasteiger partial charge on any atom is 0.234 e. The van der Waals surface area contributed by atoms with Gasteiger partial charge in [0.15, 0.2) is 10.3 Å². The molecule has 7 rings (SSSR count). The van der Waals surface area contributed by atoms with Crippen LogP contribution in [-0.2, 0) is 9.59 Å². The van der Waals surface area contributed by atoms with Gasteiger partial charge in [-0.25, -0.2) is 9.97 Å². The van der Waals surface area contributed by atoms with Crippen molar-refractivity contribution < 1.29 is 19.1 Å². The average molecular weight is 701 g/mol. The van der Waals surface area contributed by atoms with Crippen LogP contribution in [-0.4, -0.2) is 43.3 Å². The van der Waals surface area contributed by atoms with Gasteiger partial charge in [-0.05, 0) is 122 Å². The summed E-state index contributed by atoms with van der Waals surface area (Å²) in [5.74, 6) is 2.76. The van der Waals surface area contributed by atoms with Gasteiger partial charge in [0, 0.05) is 11.4 Å². The van der Waals surface area contributed by atoms with E-state index in [0.29, 0.717) is 44.7 Å². The van der Waals surface area contributed by atoms with Gasteiger partial charge in [0.25, 0.3) is 0 Å². The molecule has 2 amide bonds. The molecule has 12 heteroatoms. The molecule has 2 heterocycles. The molecular weight excluding hydrogens is 669 g/mol. The summed E-state index contributed by atoms with van der Waals surface area (Å²) in [6, 6.07) is 33.7. The predicted octanol–water partition coefficient (Wildman–Crippen LogP) is 9.10. The van der Waals surface area contributed by atoms with E-state index in [4.69, 9.17) is 9.47 Å². The summed E-state index contributed by atoms with van der Waals surface area (Å²) in [4.78, 5) is 40.6. The van der Waals surface area contributed by atoms with E-state index in [9.17, 15) is 9.59 Å². The number of aryl methyl sites for hydroxylation is 2. The fourth-order valence-corrected chi connectivity index (χ4v) is 6.43. The van der Waals surface area contributed by atoms with Gasteiger partial charge in [0.2, 0.25) is 11.8 Å². The first-order chi connectivity index (χ1) is 24.3. The van der Waals surface area contributed by atoms with E-state index in [1.807, 2.05) is 74.5 Å². The van der Waals surface area contributed by atoms with Crippen molar-refractivity contribution in [3.63, 3.8) is 0 Å². The molecule has 250 valence electrons. The van der Waals surface area contributed by atoms with Crippen LogP contribution in [0.2, 0.25) is 0 Å². The first-order valence-electron chi connectivity index (χ1n) is 15.8. The summed E-state index contributed by atoms with van der Waals surface area (Å²) in [5, 5.41) is 7.23. The summed E-state index contributed by atoms with van der Waals surface area (Å²) in [6.07, 6.45) is 0. The molecule has 0 aliphatic rings. The number of hydrogen-bond donors (Lipinski definition) is 4. The lowest BCUT2D eigenvalue weighted by Crippen LogP contribution is -2.14. The van der Waals surface area contributed by atoms with Crippen LogP contribution in [0.3, 0.4) is 0 Å². The number of benzene rings is 5. The van der Waals surface area contributed by atoms with E-state index in [0.717, 1.165) is 33.2 Å². The number of anilines is 2. The van der Waals surface area contributed by atoms with Gasteiger partial charge in [-0.3, -0.25) is 9.59 Å². The smallest absolute Gasteiger partial charge is 0.234 e. The molecule has 0 fully saturated rings. The number of thioether (sulfide) groups is 2. The highest BCUT2D eigenvalue weighted by Gasteiger charge is 2.10. The van der Waals surface area contributed by atoms with E-state index >= 15 is 0 Å². The van der Waals surface area contributed by atoms with Gasteiger partial charge >= 0.3 is 0 Å². The number of nitrogens with one attached hydrogen (secondary N) is 4. The Hall–Kier alpha value is -5.72. The van der Waals surface area contributed by atoms with Crippen LogP contribution in [0.5, 0.6) is 23.0 Å². The van der Waals surface area contributed by atoms with Crippen LogP contribution in [0.4, 0.5) is 11.4 Å². The Morgan fingerprint density at radius 1 is 0.560 bits per heavy atom. The zero-order valence-electron chi connectivity index (χ0n) is 27.2. The Balaban J connectivity index is 0.842. The van der Waals surface area contributed by atoms with Crippen LogP contribution in [0.1, 0.15) is 11.1 Å². The summed E-state index contributed by atoms with van der Waals surface area (Å²) in [7, 11) is 0. The standard InChI is InChI=1S/C38H32N6O4S2/c1-23-3-17-31-33(19-23)43-37(41-31)49-21-35(45)39-25-5-9-27(10-6-25)47-29-13-15-30(16-14-29)48-28-11-7-26(8-12-28)40-36(46)22-50-38-42-32-18-4-24(2)20-34(32)44-38/h3-20H,21-22H2,1-2H3,(H,39,45)(H,40,46)(H,41,43)(H,42,44).